The summed E-state index contributed by atoms with van der Waals surface area (Å²) in [6.45, 7) is 5.66. The van der Waals surface area contributed by atoms with Gasteiger partial charge in [0.2, 0.25) is 0 Å². The summed E-state index contributed by atoms with van der Waals surface area (Å²) in [6.07, 6.45) is 0.770. The molecule has 166 valence electrons. The standard InChI is InChI=1S/C27H29FN2O2/c1-21(2)20-32-27(29-26(31)24-14-9-15-25(28)18-24)30(19-23-12-7-4-8-13-23)17-16-22-10-5-3-6-11-22/h3-15,18,21H,16-17,19-20H2,1-2H3. The van der Waals surface area contributed by atoms with Gasteiger partial charge in [-0.2, -0.15) is 4.99 Å². The molecule has 0 heterocycles. The van der Waals surface area contributed by atoms with Crippen molar-refractivity contribution in [3.05, 3.63) is 107 Å². The summed E-state index contributed by atoms with van der Waals surface area (Å²) in [4.78, 5) is 19.1. The van der Waals surface area contributed by atoms with Crippen LogP contribution in [0, 0.1) is 11.7 Å². The highest BCUT2D eigenvalue weighted by Gasteiger charge is 2.18. The van der Waals surface area contributed by atoms with Crippen molar-refractivity contribution >= 4 is 11.9 Å². The van der Waals surface area contributed by atoms with Crippen molar-refractivity contribution in [3.63, 3.8) is 0 Å². The van der Waals surface area contributed by atoms with Crippen LogP contribution in [0.2, 0.25) is 0 Å². The first kappa shape index (κ1) is 23.2. The molecular weight excluding hydrogens is 403 g/mol. The van der Waals surface area contributed by atoms with Crippen LogP contribution < -0.4 is 0 Å². The van der Waals surface area contributed by atoms with E-state index in [1.54, 1.807) is 6.07 Å². The van der Waals surface area contributed by atoms with E-state index in [0.29, 0.717) is 19.7 Å². The Morgan fingerprint density at radius 3 is 2.22 bits per heavy atom. The average molecular weight is 433 g/mol. The Labute approximate surface area is 189 Å². The van der Waals surface area contributed by atoms with Crippen molar-refractivity contribution in [3.8, 4) is 0 Å². The minimum Gasteiger partial charge on any atom is -0.465 e. The second kappa shape index (κ2) is 11.8. The number of amidine groups is 1. The molecule has 0 spiro atoms. The molecule has 0 aliphatic carbocycles. The number of aliphatic imine (C=N–C) groups is 1. The minimum absolute atomic E-state index is 0.193. The Kier molecular flexibility index (Phi) is 8.55. The molecule has 0 radical (unpaired) electrons. The number of halogens is 1. The number of nitrogens with zero attached hydrogens (tertiary/aromatic N) is 2. The van der Waals surface area contributed by atoms with Crippen molar-refractivity contribution in [1.29, 1.82) is 0 Å². The second-order valence-corrected chi connectivity index (χ2v) is 8.06. The fourth-order valence-electron chi connectivity index (χ4n) is 3.16. The van der Waals surface area contributed by atoms with Crippen LogP contribution in [0.25, 0.3) is 0 Å². The van der Waals surface area contributed by atoms with E-state index in [9.17, 15) is 9.18 Å². The molecule has 3 aromatic rings. The minimum atomic E-state index is -0.527. The van der Waals surface area contributed by atoms with Crippen LogP contribution in [0.5, 0.6) is 0 Å². The topological polar surface area (TPSA) is 41.9 Å². The lowest BCUT2D eigenvalue weighted by molar-refractivity contribution is 0.0990. The van der Waals surface area contributed by atoms with Crippen LogP contribution in [0.3, 0.4) is 0 Å². The van der Waals surface area contributed by atoms with Gasteiger partial charge in [-0.15, -0.1) is 0 Å². The van der Waals surface area contributed by atoms with E-state index in [1.165, 1.54) is 23.8 Å². The van der Waals surface area contributed by atoms with Gasteiger partial charge in [0.25, 0.3) is 11.9 Å². The number of benzene rings is 3. The van der Waals surface area contributed by atoms with Crippen molar-refractivity contribution < 1.29 is 13.9 Å². The Morgan fingerprint density at radius 1 is 0.938 bits per heavy atom. The molecule has 3 rings (SSSR count). The van der Waals surface area contributed by atoms with E-state index in [4.69, 9.17) is 4.74 Å². The van der Waals surface area contributed by atoms with E-state index in [-0.39, 0.29) is 17.5 Å². The summed E-state index contributed by atoms with van der Waals surface area (Å²) in [5.74, 6) is -0.737. The summed E-state index contributed by atoms with van der Waals surface area (Å²) < 4.78 is 19.6. The lowest BCUT2D eigenvalue weighted by Gasteiger charge is -2.26. The van der Waals surface area contributed by atoms with E-state index in [2.05, 4.69) is 17.1 Å². The smallest absolute Gasteiger partial charge is 0.295 e. The molecule has 4 nitrogen and oxygen atoms in total. The van der Waals surface area contributed by atoms with Gasteiger partial charge in [-0.3, -0.25) is 4.79 Å². The van der Waals surface area contributed by atoms with Gasteiger partial charge in [-0.05, 0) is 41.7 Å². The van der Waals surface area contributed by atoms with Gasteiger partial charge >= 0.3 is 0 Å². The maximum absolute atomic E-state index is 13.6. The average Bonchev–Trinajstić information content (AvgIpc) is 2.80. The third-order valence-corrected chi connectivity index (χ3v) is 4.81. The molecule has 32 heavy (non-hydrogen) atoms. The van der Waals surface area contributed by atoms with Gasteiger partial charge in [0, 0.05) is 18.7 Å². The number of rotatable bonds is 8. The van der Waals surface area contributed by atoms with Crippen LogP contribution >= 0.6 is 0 Å². The van der Waals surface area contributed by atoms with Crippen LogP contribution in [0.1, 0.15) is 35.3 Å². The van der Waals surface area contributed by atoms with E-state index in [1.807, 2.05) is 67.3 Å². The quantitative estimate of drug-likeness (QED) is 0.337. The normalized spacial score (nSPS) is 11.4. The number of carbonyl (C=O) groups is 1. The Morgan fingerprint density at radius 2 is 1.59 bits per heavy atom. The van der Waals surface area contributed by atoms with Gasteiger partial charge < -0.3 is 9.64 Å². The van der Waals surface area contributed by atoms with Gasteiger partial charge in [0.15, 0.2) is 0 Å². The molecule has 3 aromatic carbocycles. The molecule has 0 atom stereocenters. The Balaban J connectivity index is 1.89. The highest BCUT2D eigenvalue weighted by Crippen LogP contribution is 2.12. The highest BCUT2D eigenvalue weighted by atomic mass is 19.1. The summed E-state index contributed by atoms with van der Waals surface area (Å²) in [6, 6.07) is 26.0. The molecule has 0 N–H and O–H groups in total. The lowest BCUT2D eigenvalue weighted by atomic mass is 10.1. The maximum atomic E-state index is 13.6. The second-order valence-electron chi connectivity index (χ2n) is 8.06. The van der Waals surface area contributed by atoms with Gasteiger partial charge in [0.1, 0.15) is 5.82 Å². The molecular formula is C27H29FN2O2. The third kappa shape index (κ3) is 7.34. The number of hydrogen-bond acceptors (Lipinski definition) is 2. The number of carbonyl (C=O) groups excluding carboxylic acids is 1. The summed E-state index contributed by atoms with van der Waals surface area (Å²) in [7, 11) is 0. The zero-order chi connectivity index (χ0) is 22.8. The first-order valence-electron chi connectivity index (χ1n) is 10.9. The highest BCUT2D eigenvalue weighted by molar-refractivity contribution is 6.01. The molecule has 0 saturated heterocycles. The Bertz CT molecular complexity index is 1020. The summed E-state index contributed by atoms with van der Waals surface area (Å²) in [5.41, 5.74) is 2.46. The monoisotopic (exact) mass is 432 g/mol. The largest absolute Gasteiger partial charge is 0.465 e. The molecule has 0 saturated carbocycles. The fraction of sp³-hybridized carbons (Fsp3) is 0.259. The molecule has 0 aromatic heterocycles. The van der Waals surface area contributed by atoms with Crippen LogP contribution in [-0.2, 0) is 17.7 Å². The molecule has 0 unspecified atom stereocenters. The fourth-order valence-corrected chi connectivity index (χ4v) is 3.16. The molecule has 0 bridgehead atoms. The zero-order valence-electron chi connectivity index (χ0n) is 18.6. The first-order chi connectivity index (χ1) is 15.5. The molecule has 1 amide bonds. The molecule has 0 aliphatic heterocycles. The SMILES string of the molecule is CC(C)COC(=NC(=O)c1cccc(F)c1)N(CCc1ccccc1)Cc1ccccc1. The van der Waals surface area contributed by atoms with Gasteiger partial charge in [-0.25, -0.2) is 4.39 Å². The molecule has 5 heteroatoms. The van der Waals surface area contributed by atoms with Crippen LogP contribution in [0.15, 0.2) is 89.9 Å². The number of amides is 1. The van der Waals surface area contributed by atoms with Crippen LogP contribution in [-0.4, -0.2) is 30.0 Å². The van der Waals surface area contributed by atoms with E-state index in [0.717, 1.165) is 12.0 Å². The summed E-state index contributed by atoms with van der Waals surface area (Å²) >= 11 is 0. The predicted molar refractivity (Wildman–Crippen MR) is 126 cm³/mol. The summed E-state index contributed by atoms with van der Waals surface area (Å²) in [5, 5.41) is 0. The Hall–Kier alpha value is -3.47. The zero-order valence-corrected chi connectivity index (χ0v) is 18.6. The van der Waals surface area contributed by atoms with Crippen molar-refractivity contribution in [2.45, 2.75) is 26.8 Å². The van der Waals surface area contributed by atoms with Crippen molar-refractivity contribution in [2.75, 3.05) is 13.2 Å². The molecule has 0 aliphatic rings. The van der Waals surface area contributed by atoms with Crippen molar-refractivity contribution in [2.24, 2.45) is 10.9 Å². The lowest BCUT2D eigenvalue weighted by Crippen LogP contribution is -2.36. The van der Waals surface area contributed by atoms with Gasteiger partial charge in [0.05, 0.1) is 6.61 Å². The third-order valence-electron chi connectivity index (χ3n) is 4.81. The predicted octanol–water partition coefficient (Wildman–Crippen LogP) is 5.74. The number of hydrogen-bond donors (Lipinski definition) is 0. The van der Waals surface area contributed by atoms with Crippen LogP contribution in [0.4, 0.5) is 4.39 Å². The molecule has 0 fully saturated rings. The first-order valence-corrected chi connectivity index (χ1v) is 10.9. The number of ether oxygens (including phenoxy) is 1. The van der Waals surface area contributed by atoms with E-state index >= 15 is 0 Å². The van der Waals surface area contributed by atoms with Crippen molar-refractivity contribution in [1.82, 2.24) is 4.90 Å². The van der Waals surface area contributed by atoms with E-state index < -0.39 is 11.7 Å². The maximum Gasteiger partial charge on any atom is 0.295 e. The van der Waals surface area contributed by atoms with Gasteiger partial charge in [-0.1, -0.05) is 80.6 Å².